The minimum Gasteiger partial charge on any atom is -0.481 e. The van der Waals surface area contributed by atoms with Gasteiger partial charge in [-0.3, -0.25) is 0 Å². The van der Waals surface area contributed by atoms with Crippen LogP contribution < -0.4 is 4.74 Å². The zero-order chi connectivity index (χ0) is 10.5. The van der Waals surface area contributed by atoms with Crippen LogP contribution >= 0.6 is 23.5 Å². The lowest BCUT2D eigenvalue weighted by molar-refractivity contribution is 0.370. The number of ether oxygens (including phenoxy) is 1. The average Bonchev–Trinajstić information content (AvgIpc) is 2.80. The standard InChI is InChI=1S/C12H12OS2/c1-2-6-13-11-5-3-4-10(9-11)12-14-7-8-15-12/h1,3-5,9,12H,6-8H2. The first-order valence-electron chi connectivity index (χ1n) is 4.79. The summed E-state index contributed by atoms with van der Waals surface area (Å²) in [5, 5.41) is 0. The van der Waals surface area contributed by atoms with E-state index in [2.05, 4.69) is 18.1 Å². The molecule has 0 atom stereocenters. The maximum Gasteiger partial charge on any atom is 0.148 e. The molecule has 0 spiro atoms. The molecule has 1 saturated heterocycles. The Bertz CT molecular complexity index is 364. The fourth-order valence-corrected chi connectivity index (χ4v) is 4.27. The van der Waals surface area contributed by atoms with Gasteiger partial charge in [0.15, 0.2) is 0 Å². The molecule has 1 aromatic rings. The van der Waals surface area contributed by atoms with Crippen LogP contribution in [-0.4, -0.2) is 18.1 Å². The van der Waals surface area contributed by atoms with E-state index < -0.39 is 0 Å². The van der Waals surface area contributed by atoms with Crippen molar-refractivity contribution in [2.75, 3.05) is 18.1 Å². The van der Waals surface area contributed by atoms with Gasteiger partial charge in [0.05, 0.1) is 4.58 Å². The third-order valence-electron chi connectivity index (χ3n) is 2.07. The topological polar surface area (TPSA) is 9.23 Å². The molecule has 0 aliphatic carbocycles. The second-order valence-corrected chi connectivity index (χ2v) is 5.86. The monoisotopic (exact) mass is 236 g/mol. The molecule has 0 radical (unpaired) electrons. The molecule has 15 heavy (non-hydrogen) atoms. The highest BCUT2D eigenvalue weighted by molar-refractivity contribution is 8.19. The van der Waals surface area contributed by atoms with E-state index in [0.717, 1.165) is 5.75 Å². The summed E-state index contributed by atoms with van der Waals surface area (Å²) < 4.78 is 5.97. The van der Waals surface area contributed by atoms with Crippen molar-refractivity contribution in [1.29, 1.82) is 0 Å². The molecule has 1 aliphatic rings. The molecular formula is C12H12OS2. The van der Waals surface area contributed by atoms with E-state index in [9.17, 15) is 0 Å². The van der Waals surface area contributed by atoms with E-state index >= 15 is 0 Å². The average molecular weight is 236 g/mol. The van der Waals surface area contributed by atoms with E-state index in [4.69, 9.17) is 11.2 Å². The maximum atomic E-state index is 5.40. The molecule has 1 heterocycles. The lowest BCUT2D eigenvalue weighted by Gasteiger charge is -2.10. The normalized spacial score (nSPS) is 16.2. The predicted molar refractivity (Wildman–Crippen MR) is 68.4 cm³/mol. The van der Waals surface area contributed by atoms with Gasteiger partial charge in [0.2, 0.25) is 0 Å². The molecule has 78 valence electrons. The van der Waals surface area contributed by atoms with E-state index in [1.165, 1.54) is 17.1 Å². The van der Waals surface area contributed by atoms with Gasteiger partial charge in [-0.25, -0.2) is 0 Å². The molecule has 2 rings (SSSR count). The quantitative estimate of drug-likeness (QED) is 0.746. The van der Waals surface area contributed by atoms with E-state index in [-0.39, 0.29) is 0 Å². The minimum absolute atomic E-state index is 0.342. The molecule has 3 heteroatoms. The maximum absolute atomic E-state index is 5.40. The van der Waals surface area contributed by atoms with Crippen molar-refractivity contribution in [3.63, 3.8) is 0 Å². The fourth-order valence-electron chi connectivity index (χ4n) is 1.43. The summed E-state index contributed by atoms with van der Waals surface area (Å²) in [7, 11) is 0. The van der Waals surface area contributed by atoms with Gasteiger partial charge in [0.25, 0.3) is 0 Å². The zero-order valence-corrected chi connectivity index (χ0v) is 9.94. The molecule has 0 aromatic heterocycles. The van der Waals surface area contributed by atoms with Gasteiger partial charge in [-0.05, 0) is 17.7 Å². The Labute approximate surface area is 99.0 Å². The van der Waals surface area contributed by atoms with E-state index in [0.29, 0.717) is 11.2 Å². The predicted octanol–water partition coefficient (Wildman–Crippen LogP) is 3.18. The van der Waals surface area contributed by atoms with Crippen LogP contribution in [0.25, 0.3) is 0 Å². The number of rotatable bonds is 3. The lowest BCUT2D eigenvalue weighted by Crippen LogP contribution is -1.94. The molecule has 0 saturated carbocycles. The Kier molecular flexibility index (Phi) is 3.87. The highest BCUT2D eigenvalue weighted by atomic mass is 32.2. The van der Waals surface area contributed by atoms with Crippen LogP contribution in [0.1, 0.15) is 10.1 Å². The van der Waals surface area contributed by atoms with Crippen molar-refractivity contribution >= 4 is 23.5 Å². The second kappa shape index (κ2) is 5.39. The van der Waals surface area contributed by atoms with Crippen LogP contribution in [-0.2, 0) is 0 Å². The molecule has 1 aromatic carbocycles. The SMILES string of the molecule is C#CCOc1cccc(C2SCCS2)c1. The summed E-state index contributed by atoms with van der Waals surface area (Å²) in [6, 6.07) is 8.22. The first-order valence-corrected chi connectivity index (χ1v) is 6.89. The number of terminal acetylenes is 1. The number of hydrogen-bond donors (Lipinski definition) is 0. The molecule has 0 bridgehead atoms. The third kappa shape index (κ3) is 2.87. The highest BCUT2D eigenvalue weighted by Gasteiger charge is 2.18. The third-order valence-corrected chi connectivity index (χ3v) is 5.18. The molecule has 1 nitrogen and oxygen atoms in total. The smallest absolute Gasteiger partial charge is 0.148 e. The second-order valence-electron chi connectivity index (χ2n) is 3.14. The minimum atomic E-state index is 0.342. The van der Waals surface area contributed by atoms with E-state index in [1.807, 2.05) is 35.7 Å². The van der Waals surface area contributed by atoms with Gasteiger partial charge in [-0.15, -0.1) is 29.9 Å². The summed E-state index contributed by atoms with van der Waals surface area (Å²) in [6.45, 7) is 0.342. The Morgan fingerprint density at radius 1 is 1.40 bits per heavy atom. The summed E-state index contributed by atoms with van der Waals surface area (Å²) in [4.78, 5) is 0. The van der Waals surface area contributed by atoms with Gasteiger partial charge >= 0.3 is 0 Å². The van der Waals surface area contributed by atoms with Crippen LogP contribution in [0.2, 0.25) is 0 Å². The summed E-state index contributed by atoms with van der Waals surface area (Å²) >= 11 is 3.99. The largest absolute Gasteiger partial charge is 0.481 e. The van der Waals surface area contributed by atoms with Gasteiger partial charge in [-0.2, -0.15) is 0 Å². The molecule has 1 aliphatic heterocycles. The van der Waals surface area contributed by atoms with Gasteiger partial charge in [0.1, 0.15) is 12.4 Å². The van der Waals surface area contributed by atoms with E-state index in [1.54, 1.807) is 0 Å². The van der Waals surface area contributed by atoms with Crippen molar-refractivity contribution < 1.29 is 4.74 Å². The molecule has 0 unspecified atom stereocenters. The van der Waals surface area contributed by atoms with Crippen LogP contribution in [0.15, 0.2) is 24.3 Å². The Morgan fingerprint density at radius 3 is 2.93 bits per heavy atom. The molecule has 1 fully saturated rings. The number of benzene rings is 1. The van der Waals surface area contributed by atoms with Gasteiger partial charge in [0, 0.05) is 11.5 Å². The molecule has 0 N–H and O–H groups in total. The van der Waals surface area contributed by atoms with Gasteiger partial charge < -0.3 is 4.74 Å². The Morgan fingerprint density at radius 2 is 2.20 bits per heavy atom. The lowest BCUT2D eigenvalue weighted by atomic mass is 10.2. The van der Waals surface area contributed by atoms with Crippen LogP contribution in [0.5, 0.6) is 5.75 Å². The highest BCUT2D eigenvalue weighted by Crippen LogP contribution is 2.45. The first-order chi connectivity index (χ1) is 7.40. The van der Waals surface area contributed by atoms with Crippen LogP contribution in [0.3, 0.4) is 0 Å². The van der Waals surface area contributed by atoms with Crippen LogP contribution in [0.4, 0.5) is 0 Å². The molecular weight excluding hydrogens is 224 g/mol. The number of thioether (sulfide) groups is 2. The van der Waals surface area contributed by atoms with Crippen molar-refractivity contribution in [3.8, 4) is 18.1 Å². The summed E-state index contributed by atoms with van der Waals surface area (Å²) in [5.74, 6) is 5.83. The van der Waals surface area contributed by atoms with Crippen molar-refractivity contribution in [3.05, 3.63) is 29.8 Å². The molecule has 0 amide bonds. The Balaban J connectivity index is 2.08. The fraction of sp³-hybridized carbons (Fsp3) is 0.333. The first kappa shape index (κ1) is 10.8. The Hall–Kier alpha value is -0.720. The van der Waals surface area contributed by atoms with Crippen LogP contribution in [0, 0.1) is 12.3 Å². The number of hydrogen-bond acceptors (Lipinski definition) is 3. The zero-order valence-electron chi connectivity index (χ0n) is 8.31. The van der Waals surface area contributed by atoms with Gasteiger partial charge in [-0.1, -0.05) is 18.1 Å². The summed E-state index contributed by atoms with van der Waals surface area (Å²) in [5.41, 5.74) is 1.33. The van der Waals surface area contributed by atoms with Crippen molar-refractivity contribution in [2.45, 2.75) is 4.58 Å². The van der Waals surface area contributed by atoms with Crippen molar-refractivity contribution in [2.24, 2.45) is 0 Å². The van der Waals surface area contributed by atoms with Crippen molar-refractivity contribution in [1.82, 2.24) is 0 Å². The summed E-state index contributed by atoms with van der Waals surface area (Å²) in [6.07, 6.45) is 5.15.